The van der Waals surface area contributed by atoms with E-state index in [2.05, 4.69) is 0 Å². The molecular formula is C16H21F12NO. The summed E-state index contributed by atoms with van der Waals surface area (Å²) in [5.41, 5.74) is -0.975. The number of rotatable bonds is 11. The van der Waals surface area contributed by atoms with Crippen LogP contribution < -0.4 is 0 Å². The summed E-state index contributed by atoms with van der Waals surface area (Å²) in [6.07, 6.45) is -8.54. The van der Waals surface area contributed by atoms with Crippen LogP contribution in [0.2, 0.25) is 0 Å². The van der Waals surface area contributed by atoms with Gasteiger partial charge in [-0.05, 0) is 12.8 Å². The molecule has 0 rings (SSSR count). The second-order valence-electron chi connectivity index (χ2n) is 7.42. The Labute approximate surface area is 164 Å². The van der Waals surface area contributed by atoms with E-state index in [1.54, 1.807) is 6.92 Å². The Balaban J connectivity index is 5.55. The summed E-state index contributed by atoms with van der Waals surface area (Å²) in [4.78, 5) is 12.8. The number of amides is 1. The average Bonchev–Trinajstić information content (AvgIpc) is 2.59. The quantitative estimate of drug-likeness (QED) is 0.334. The van der Waals surface area contributed by atoms with Crippen LogP contribution in [0.3, 0.4) is 0 Å². The van der Waals surface area contributed by atoms with Gasteiger partial charge < -0.3 is 4.90 Å². The predicted octanol–water partition coefficient (Wildman–Crippen LogP) is 6.10. The zero-order valence-corrected chi connectivity index (χ0v) is 16.3. The van der Waals surface area contributed by atoms with Crippen LogP contribution >= 0.6 is 0 Å². The molecule has 0 aromatic carbocycles. The highest BCUT2D eigenvalue weighted by Gasteiger charge is 2.87. The van der Waals surface area contributed by atoms with Crippen molar-refractivity contribution in [2.24, 2.45) is 5.41 Å². The number of hydrogen-bond donors (Lipinski definition) is 0. The topological polar surface area (TPSA) is 20.3 Å². The predicted molar refractivity (Wildman–Crippen MR) is 81.7 cm³/mol. The van der Waals surface area contributed by atoms with Crippen LogP contribution in [0.1, 0.15) is 40.0 Å². The lowest BCUT2D eigenvalue weighted by molar-refractivity contribution is -0.413. The molecule has 0 aliphatic rings. The zero-order chi connectivity index (χ0) is 24.6. The second kappa shape index (κ2) is 8.64. The third-order valence-corrected chi connectivity index (χ3v) is 4.73. The molecule has 180 valence electrons. The van der Waals surface area contributed by atoms with Crippen molar-refractivity contribution in [1.29, 1.82) is 0 Å². The summed E-state index contributed by atoms with van der Waals surface area (Å²) in [5, 5.41) is 0. The largest absolute Gasteiger partial charge is 0.384 e. The first-order valence-electron chi connectivity index (χ1n) is 8.47. The molecule has 0 heterocycles. The maximum atomic E-state index is 13.7. The van der Waals surface area contributed by atoms with E-state index in [-0.39, 0.29) is 0 Å². The highest BCUT2D eigenvalue weighted by Crippen LogP contribution is 2.58. The summed E-state index contributed by atoms with van der Waals surface area (Å²) in [5.74, 6) is -35.7. The number of carbonyl (C=O) groups excluding carboxylic acids is 1. The van der Waals surface area contributed by atoms with Crippen LogP contribution in [-0.4, -0.2) is 60.4 Å². The summed E-state index contributed by atoms with van der Waals surface area (Å²) in [6, 6.07) is 0. The monoisotopic (exact) mass is 471 g/mol. The average molecular weight is 471 g/mol. The molecule has 30 heavy (non-hydrogen) atoms. The fraction of sp³-hybridized carbons (Fsp3) is 0.938. The van der Waals surface area contributed by atoms with Gasteiger partial charge in [0.2, 0.25) is 5.91 Å². The fourth-order valence-electron chi connectivity index (χ4n) is 2.24. The minimum Gasteiger partial charge on any atom is -0.345 e. The van der Waals surface area contributed by atoms with Crippen LogP contribution in [0, 0.1) is 5.41 Å². The van der Waals surface area contributed by atoms with Gasteiger partial charge in [0.05, 0.1) is 0 Å². The first-order chi connectivity index (χ1) is 13.0. The Morgan fingerprint density at radius 2 is 1.27 bits per heavy atom. The van der Waals surface area contributed by atoms with E-state index < -0.39 is 66.7 Å². The summed E-state index contributed by atoms with van der Waals surface area (Å²) in [7, 11) is 1.09. The lowest BCUT2D eigenvalue weighted by Crippen LogP contribution is -2.68. The maximum Gasteiger partial charge on any atom is 0.384 e. The third-order valence-electron chi connectivity index (χ3n) is 4.73. The molecule has 0 spiro atoms. The van der Waals surface area contributed by atoms with Gasteiger partial charge in [-0.15, -0.1) is 0 Å². The number of halogens is 12. The Bertz CT molecular complexity index is 603. The van der Waals surface area contributed by atoms with E-state index in [1.165, 1.54) is 13.8 Å². The molecule has 2 nitrogen and oxygen atoms in total. The van der Waals surface area contributed by atoms with E-state index in [1.807, 2.05) is 0 Å². The molecule has 0 saturated heterocycles. The molecule has 0 bridgehead atoms. The molecular weight excluding hydrogens is 450 g/mol. The van der Waals surface area contributed by atoms with Gasteiger partial charge in [0.1, 0.15) is 0 Å². The second-order valence-corrected chi connectivity index (χ2v) is 7.42. The molecule has 0 atom stereocenters. The molecule has 1 amide bonds. The third kappa shape index (κ3) is 4.76. The lowest BCUT2D eigenvalue weighted by Gasteiger charge is -2.39. The normalized spacial score (nSPS) is 15.0. The van der Waals surface area contributed by atoms with Crippen molar-refractivity contribution in [3.8, 4) is 0 Å². The van der Waals surface area contributed by atoms with Gasteiger partial charge in [-0.2, -0.15) is 43.9 Å². The number of hydrogen-bond acceptors (Lipinski definition) is 1. The molecule has 0 aliphatic carbocycles. The van der Waals surface area contributed by atoms with Crippen molar-refractivity contribution < 1.29 is 57.5 Å². The van der Waals surface area contributed by atoms with Crippen molar-refractivity contribution in [3.05, 3.63) is 0 Å². The van der Waals surface area contributed by atoms with E-state index in [0.717, 1.165) is 11.9 Å². The van der Waals surface area contributed by atoms with Gasteiger partial charge in [-0.25, -0.2) is 8.78 Å². The van der Waals surface area contributed by atoms with Crippen molar-refractivity contribution in [2.45, 2.75) is 76.1 Å². The van der Waals surface area contributed by atoms with E-state index in [0.29, 0.717) is 6.42 Å². The number of alkyl halides is 12. The summed E-state index contributed by atoms with van der Waals surface area (Å²) < 4.78 is 157. The van der Waals surface area contributed by atoms with E-state index in [4.69, 9.17) is 0 Å². The van der Waals surface area contributed by atoms with Crippen molar-refractivity contribution in [3.63, 3.8) is 0 Å². The minimum absolute atomic E-state index is 0.296. The van der Waals surface area contributed by atoms with Crippen LogP contribution in [0.4, 0.5) is 52.7 Å². The van der Waals surface area contributed by atoms with Gasteiger partial charge in [-0.3, -0.25) is 4.79 Å². The number of nitrogens with zero attached hydrogens (tertiary/aromatic N) is 1. The zero-order valence-electron chi connectivity index (χ0n) is 16.3. The van der Waals surface area contributed by atoms with Crippen LogP contribution in [0.5, 0.6) is 0 Å². The standard InChI is InChI=1S/C16H21F12NO/c1-5-11(2,3)10(30)29(4)8-6-7-12(19,20)14(23,24)16(27,28)15(25,26)13(21,22)9(17)18/h9H,5-8H2,1-4H3. The molecule has 0 N–H and O–H groups in total. The molecule has 0 radical (unpaired) electrons. The van der Waals surface area contributed by atoms with E-state index >= 15 is 0 Å². The first-order valence-corrected chi connectivity index (χ1v) is 8.47. The Morgan fingerprint density at radius 1 is 0.833 bits per heavy atom. The summed E-state index contributed by atoms with van der Waals surface area (Å²) >= 11 is 0. The molecule has 0 fully saturated rings. The molecule has 0 saturated carbocycles. The molecule has 0 unspecified atom stereocenters. The first kappa shape index (κ1) is 28.6. The van der Waals surface area contributed by atoms with Crippen LogP contribution in [-0.2, 0) is 4.79 Å². The maximum absolute atomic E-state index is 13.7. The van der Waals surface area contributed by atoms with E-state index in [9.17, 15) is 57.5 Å². The molecule has 0 aromatic rings. The molecule has 0 aliphatic heterocycles. The highest BCUT2D eigenvalue weighted by molar-refractivity contribution is 5.81. The van der Waals surface area contributed by atoms with Gasteiger partial charge in [0.15, 0.2) is 0 Å². The fourth-order valence-corrected chi connectivity index (χ4v) is 2.24. The SMILES string of the molecule is CCC(C)(C)C(=O)N(C)CCCC(F)(F)C(F)(F)C(F)(F)C(F)(F)C(F)(F)C(F)F. The van der Waals surface area contributed by atoms with Crippen molar-refractivity contribution in [2.75, 3.05) is 13.6 Å². The van der Waals surface area contributed by atoms with Gasteiger partial charge in [-0.1, -0.05) is 20.8 Å². The Morgan fingerprint density at radius 3 is 1.63 bits per heavy atom. The minimum atomic E-state index is -7.52. The smallest absolute Gasteiger partial charge is 0.345 e. The van der Waals surface area contributed by atoms with Crippen molar-refractivity contribution in [1.82, 2.24) is 4.90 Å². The van der Waals surface area contributed by atoms with Gasteiger partial charge in [0.25, 0.3) is 0 Å². The summed E-state index contributed by atoms with van der Waals surface area (Å²) in [6.45, 7) is 3.88. The number of carbonyl (C=O) groups is 1. The molecule has 0 aromatic heterocycles. The lowest BCUT2D eigenvalue weighted by atomic mass is 9.88. The highest BCUT2D eigenvalue weighted by atomic mass is 19.4. The Kier molecular flexibility index (Phi) is 8.24. The van der Waals surface area contributed by atoms with Crippen LogP contribution in [0.25, 0.3) is 0 Å². The Hall–Kier alpha value is -1.37. The van der Waals surface area contributed by atoms with Crippen molar-refractivity contribution >= 4 is 5.91 Å². The van der Waals surface area contributed by atoms with Gasteiger partial charge in [0, 0.05) is 25.4 Å². The molecule has 14 heteroatoms. The van der Waals surface area contributed by atoms with Crippen LogP contribution in [0.15, 0.2) is 0 Å². The van der Waals surface area contributed by atoms with Gasteiger partial charge >= 0.3 is 36.0 Å².